The molecular formula is C11H12BrNO2. The Kier molecular flexibility index (Phi) is 3.07. The van der Waals surface area contributed by atoms with Crippen LogP contribution >= 0.6 is 15.9 Å². The van der Waals surface area contributed by atoms with Crippen molar-refractivity contribution in [1.29, 1.82) is 0 Å². The van der Waals surface area contributed by atoms with Gasteiger partial charge in [-0.2, -0.15) is 0 Å². The summed E-state index contributed by atoms with van der Waals surface area (Å²) in [5.41, 5.74) is 0.894. The van der Waals surface area contributed by atoms with E-state index in [1.807, 2.05) is 24.3 Å². The number of amides is 1. The normalized spacial score (nSPS) is 21.1. The summed E-state index contributed by atoms with van der Waals surface area (Å²) < 4.78 is 0.959. The van der Waals surface area contributed by atoms with Gasteiger partial charge in [0.2, 0.25) is 5.91 Å². The number of hydrogen-bond acceptors (Lipinski definition) is 2. The fourth-order valence-corrected chi connectivity index (χ4v) is 2.18. The Morgan fingerprint density at radius 1 is 1.53 bits per heavy atom. The van der Waals surface area contributed by atoms with Crippen LogP contribution in [0.5, 0.6) is 0 Å². The SMILES string of the molecule is O=C1CC(CO)CN1c1cccc(Br)c1. The van der Waals surface area contributed by atoms with Gasteiger partial charge in [-0.3, -0.25) is 4.79 Å². The maximum atomic E-state index is 11.7. The molecule has 1 fully saturated rings. The Balaban J connectivity index is 2.21. The van der Waals surface area contributed by atoms with Gasteiger partial charge in [0.15, 0.2) is 0 Å². The number of halogens is 1. The predicted octanol–water partition coefficient (Wildman–Crippen LogP) is 1.79. The minimum absolute atomic E-state index is 0.0796. The number of aliphatic hydroxyl groups excluding tert-OH is 1. The van der Waals surface area contributed by atoms with E-state index in [0.717, 1.165) is 10.2 Å². The zero-order valence-corrected chi connectivity index (χ0v) is 9.77. The lowest BCUT2D eigenvalue weighted by Gasteiger charge is -2.16. The Hall–Kier alpha value is -0.870. The Morgan fingerprint density at radius 3 is 2.93 bits per heavy atom. The molecule has 1 amide bonds. The molecule has 0 aliphatic carbocycles. The Labute approximate surface area is 96.8 Å². The minimum Gasteiger partial charge on any atom is -0.396 e. The standard InChI is InChI=1S/C11H12BrNO2/c12-9-2-1-3-10(5-9)13-6-8(7-14)4-11(13)15/h1-3,5,8,14H,4,6-7H2. The largest absolute Gasteiger partial charge is 0.396 e. The van der Waals surface area contributed by atoms with Crippen molar-refractivity contribution in [1.82, 2.24) is 0 Å². The first-order chi connectivity index (χ1) is 7.20. The highest BCUT2D eigenvalue weighted by molar-refractivity contribution is 9.10. The van der Waals surface area contributed by atoms with Crippen molar-refractivity contribution in [3.05, 3.63) is 28.7 Å². The van der Waals surface area contributed by atoms with Crippen molar-refractivity contribution in [3.63, 3.8) is 0 Å². The maximum Gasteiger partial charge on any atom is 0.227 e. The first-order valence-electron chi connectivity index (χ1n) is 4.87. The molecule has 1 atom stereocenters. The molecule has 3 nitrogen and oxygen atoms in total. The number of nitrogens with zero attached hydrogens (tertiary/aromatic N) is 1. The molecule has 1 unspecified atom stereocenters. The first-order valence-corrected chi connectivity index (χ1v) is 5.67. The van der Waals surface area contributed by atoms with Gasteiger partial charge in [-0.25, -0.2) is 0 Å². The van der Waals surface area contributed by atoms with Crippen LogP contribution in [0.2, 0.25) is 0 Å². The second kappa shape index (κ2) is 4.33. The van der Waals surface area contributed by atoms with Gasteiger partial charge in [0.05, 0.1) is 0 Å². The smallest absolute Gasteiger partial charge is 0.227 e. The summed E-state index contributed by atoms with van der Waals surface area (Å²) in [5, 5.41) is 9.01. The van der Waals surface area contributed by atoms with Crippen molar-refractivity contribution in [2.24, 2.45) is 5.92 Å². The molecule has 0 bridgehead atoms. The van der Waals surface area contributed by atoms with E-state index in [2.05, 4.69) is 15.9 Å². The first kappa shape index (κ1) is 10.6. The lowest BCUT2D eigenvalue weighted by Crippen LogP contribution is -2.24. The van der Waals surface area contributed by atoms with E-state index in [1.54, 1.807) is 4.90 Å². The van der Waals surface area contributed by atoms with Crippen LogP contribution in [-0.4, -0.2) is 24.2 Å². The number of anilines is 1. The van der Waals surface area contributed by atoms with E-state index in [9.17, 15) is 4.79 Å². The van der Waals surface area contributed by atoms with E-state index < -0.39 is 0 Å². The van der Waals surface area contributed by atoms with Crippen molar-refractivity contribution in [3.8, 4) is 0 Å². The molecule has 2 rings (SSSR count). The van der Waals surface area contributed by atoms with Gasteiger partial charge in [-0.05, 0) is 18.2 Å². The number of benzene rings is 1. The highest BCUT2D eigenvalue weighted by atomic mass is 79.9. The number of aliphatic hydroxyl groups is 1. The second-order valence-corrected chi connectivity index (χ2v) is 4.65. The summed E-state index contributed by atoms with van der Waals surface area (Å²) in [4.78, 5) is 13.4. The van der Waals surface area contributed by atoms with E-state index in [4.69, 9.17) is 5.11 Å². The molecule has 0 spiro atoms. The van der Waals surface area contributed by atoms with E-state index in [0.29, 0.717) is 13.0 Å². The molecule has 4 heteroatoms. The molecule has 1 saturated heterocycles. The summed E-state index contributed by atoms with van der Waals surface area (Å²) in [7, 11) is 0. The van der Waals surface area contributed by atoms with Crippen LogP contribution in [0.25, 0.3) is 0 Å². The van der Waals surface area contributed by atoms with Gasteiger partial charge < -0.3 is 10.0 Å². The van der Waals surface area contributed by atoms with Gasteiger partial charge in [0, 0.05) is 35.7 Å². The highest BCUT2D eigenvalue weighted by Crippen LogP contribution is 2.26. The van der Waals surface area contributed by atoms with Crippen molar-refractivity contribution < 1.29 is 9.90 Å². The number of rotatable bonds is 2. The summed E-state index contributed by atoms with van der Waals surface area (Å²) >= 11 is 3.37. The zero-order chi connectivity index (χ0) is 10.8. The number of carbonyl (C=O) groups is 1. The molecule has 1 aromatic rings. The van der Waals surface area contributed by atoms with Gasteiger partial charge in [-0.15, -0.1) is 0 Å². The lowest BCUT2D eigenvalue weighted by atomic mass is 10.1. The quantitative estimate of drug-likeness (QED) is 0.890. The van der Waals surface area contributed by atoms with Gasteiger partial charge in [-0.1, -0.05) is 22.0 Å². The molecular weight excluding hydrogens is 258 g/mol. The average Bonchev–Trinajstić information content (AvgIpc) is 2.60. The van der Waals surface area contributed by atoms with E-state index in [-0.39, 0.29) is 18.4 Å². The lowest BCUT2D eigenvalue weighted by molar-refractivity contribution is -0.117. The van der Waals surface area contributed by atoms with Crippen LogP contribution in [0, 0.1) is 5.92 Å². The minimum atomic E-state index is 0.0796. The Morgan fingerprint density at radius 2 is 2.33 bits per heavy atom. The third-order valence-corrected chi connectivity index (χ3v) is 3.08. The predicted molar refractivity (Wildman–Crippen MR) is 61.7 cm³/mol. The summed E-state index contributed by atoms with van der Waals surface area (Å²) in [5.74, 6) is 0.170. The molecule has 1 heterocycles. The Bertz CT molecular complexity index is 381. The third-order valence-electron chi connectivity index (χ3n) is 2.58. The van der Waals surface area contributed by atoms with Crippen molar-refractivity contribution in [2.75, 3.05) is 18.1 Å². The van der Waals surface area contributed by atoms with Crippen molar-refractivity contribution in [2.45, 2.75) is 6.42 Å². The number of carbonyl (C=O) groups excluding carboxylic acids is 1. The molecule has 1 aliphatic rings. The topological polar surface area (TPSA) is 40.5 Å². The third kappa shape index (κ3) is 2.21. The monoisotopic (exact) mass is 269 g/mol. The summed E-state index contributed by atoms with van der Waals surface area (Å²) in [6, 6.07) is 7.65. The van der Waals surface area contributed by atoms with Crippen LogP contribution < -0.4 is 4.90 Å². The molecule has 0 radical (unpaired) electrons. The molecule has 1 aliphatic heterocycles. The van der Waals surface area contributed by atoms with Crippen LogP contribution in [-0.2, 0) is 4.79 Å². The van der Waals surface area contributed by atoms with Crippen LogP contribution in [0.3, 0.4) is 0 Å². The van der Waals surface area contributed by atoms with E-state index in [1.165, 1.54) is 0 Å². The summed E-state index contributed by atoms with van der Waals surface area (Å²) in [6.45, 7) is 0.696. The van der Waals surface area contributed by atoms with Crippen LogP contribution in [0.4, 0.5) is 5.69 Å². The molecule has 0 aromatic heterocycles. The summed E-state index contributed by atoms with van der Waals surface area (Å²) in [6.07, 6.45) is 0.447. The van der Waals surface area contributed by atoms with Crippen LogP contribution in [0.15, 0.2) is 28.7 Å². The fourth-order valence-electron chi connectivity index (χ4n) is 1.80. The molecule has 1 aromatic carbocycles. The zero-order valence-electron chi connectivity index (χ0n) is 8.19. The highest BCUT2D eigenvalue weighted by Gasteiger charge is 2.29. The van der Waals surface area contributed by atoms with Gasteiger partial charge >= 0.3 is 0 Å². The number of hydrogen-bond donors (Lipinski definition) is 1. The molecule has 0 saturated carbocycles. The maximum absolute atomic E-state index is 11.7. The second-order valence-electron chi connectivity index (χ2n) is 3.74. The van der Waals surface area contributed by atoms with Gasteiger partial charge in [0.25, 0.3) is 0 Å². The van der Waals surface area contributed by atoms with E-state index >= 15 is 0 Å². The molecule has 80 valence electrons. The molecule has 1 N–H and O–H groups in total. The molecule has 15 heavy (non-hydrogen) atoms. The fraction of sp³-hybridized carbons (Fsp3) is 0.364. The van der Waals surface area contributed by atoms with Gasteiger partial charge in [0.1, 0.15) is 0 Å². The average molecular weight is 270 g/mol. The van der Waals surface area contributed by atoms with Crippen molar-refractivity contribution >= 4 is 27.5 Å². The van der Waals surface area contributed by atoms with Crippen LogP contribution in [0.1, 0.15) is 6.42 Å².